The van der Waals surface area contributed by atoms with Gasteiger partial charge in [-0.3, -0.25) is 0 Å². The Morgan fingerprint density at radius 3 is 2.53 bits per heavy atom. The molecule has 2 heteroatoms. The number of hydrogen-bond donors (Lipinski definition) is 0. The summed E-state index contributed by atoms with van der Waals surface area (Å²) in [4.78, 5) is 0. The number of halogens is 1. The average Bonchev–Trinajstić information content (AvgIpc) is 2.39. The maximum absolute atomic E-state index is 13.5. The van der Waals surface area contributed by atoms with Gasteiger partial charge < -0.3 is 4.74 Å². The van der Waals surface area contributed by atoms with Gasteiger partial charge in [0.25, 0.3) is 0 Å². The van der Waals surface area contributed by atoms with Crippen LogP contribution in [0.25, 0.3) is 0 Å². The van der Waals surface area contributed by atoms with Gasteiger partial charge in [0.15, 0.2) is 0 Å². The quantitative estimate of drug-likeness (QED) is 0.762. The van der Waals surface area contributed by atoms with Crippen molar-refractivity contribution in [1.29, 1.82) is 0 Å². The highest BCUT2D eigenvalue weighted by Gasteiger charge is 2.06. The summed E-state index contributed by atoms with van der Waals surface area (Å²) in [5, 5.41) is 0. The minimum atomic E-state index is -0.222. The predicted molar refractivity (Wildman–Crippen MR) is 76.0 cm³/mol. The van der Waals surface area contributed by atoms with E-state index in [1.807, 2.05) is 25.1 Å². The summed E-state index contributed by atoms with van der Waals surface area (Å²) >= 11 is 0. The summed E-state index contributed by atoms with van der Waals surface area (Å²) in [5.41, 5.74) is 2.88. The van der Waals surface area contributed by atoms with E-state index in [9.17, 15) is 4.39 Å². The van der Waals surface area contributed by atoms with Crippen LogP contribution in [0.3, 0.4) is 0 Å². The second-order valence-corrected chi connectivity index (χ2v) is 5.06. The van der Waals surface area contributed by atoms with Crippen LogP contribution in [0.1, 0.15) is 36.5 Å². The third kappa shape index (κ3) is 3.34. The fraction of sp³-hybridized carbons (Fsp3) is 0.294. The summed E-state index contributed by atoms with van der Waals surface area (Å²) in [6.07, 6.45) is 0. The van der Waals surface area contributed by atoms with Crippen LogP contribution in [0.5, 0.6) is 5.75 Å². The van der Waals surface area contributed by atoms with Crippen LogP contribution < -0.4 is 4.74 Å². The molecule has 0 aliphatic rings. The summed E-state index contributed by atoms with van der Waals surface area (Å²) in [6.45, 7) is 6.55. The van der Waals surface area contributed by atoms with Gasteiger partial charge in [-0.25, -0.2) is 4.39 Å². The molecule has 0 aromatic heterocycles. The molecule has 0 heterocycles. The van der Waals surface area contributed by atoms with Crippen molar-refractivity contribution < 1.29 is 9.13 Å². The van der Waals surface area contributed by atoms with Gasteiger partial charge in [0.2, 0.25) is 0 Å². The van der Waals surface area contributed by atoms with Crippen LogP contribution in [0, 0.1) is 12.7 Å². The SMILES string of the molecule is Cc1ccc(C(C)C)cc1OCc1ccccc1F. The van der Waals surface area contributed by atoms with E-state index in [1.54, 1.807) is 12.1 Å². The first-order chi connectivity index (χ1) is 9.08. The molecule has 100 valence electrons. The number of aryl methyl sites for hydroxylation is 1. The normalized spacial score (nSPS) is 10.8. The van der Waals surface area contributed by atoms with E-state index in [0.29, 0.717) is 11.5 Å². The zero-order valence-corrected chi connectivity index (χ0v) is 11.6. The van der Waals surface area contributed by atoms with E-state index in [-0.39, 0.29) is 12.4 Å². The lowest BCUT2D eigenvalue weighted by Gasteiger charge is -2.13. The summed E-state index contributed by atoms with van der Waals surface area (Å²) in [6, 6.07) is 12.9. The van der Waals surface area contributed by atoms with Gasteiger partial charge in [-0.2, -0.15) is 0 Å². The van der Waals surface area contributed by atoms with Gasteiger partial charge in [-0.15, -0.1) is 0 Å². The van der Waals surface area contributed by atoms with E-state index in [2.05, 4.69) is 19.9 Å². The molecule has 0 bridgehead atoms. The number of hydrogen-bond acceptors (Lipinski definition) is 1. The molecule has 19 heavy (non-hydrogen) atoms. The zero-order chi connectivity index (χ0) is 13.8. The highest BCUT2D eigenvalue weighted by atomic mass is 19.1. The second kappa shape index (κ2) is 5.87. The van der Waals surface area contributed by atoms with Crippen LogP contribution in [0.2, 0.25) is 0 Å². The van der Waals surface area contributed by atoms with E-state index >= 15 is 0 Å². The van der Waals surface area contributed by atoms with Crippen molar-refractivity contribution in [3.05, 3.63) is 65.0 Å². The molecule has 0 amide bonds. The predicted octanol–water partition coefficient (Wildman–Crippen LogP) is 4.84. The Balaban J connectivity index is 2.15. The first-order valence-corrected chi connectivity index (χ1v) is 6.54. The van der Waals surface area contributed by atoms with Crippen molar-refractivity contribution in [2.75, 3.05) is 0 Å². The summed E-state index contributed by atoms with van der Waals surface area (Å²) in [7, 11) is 0. The molecule has 0 unspecified atom stereocenters. The smallest absolute Gasteiger partial charge is 0.129 e. The Morgan fingerprint density at radius 2 is 1.84 bits per heavy atom. The average molecular weight is 258 g/mol. The fourth-order valence-corrected chi connectivity index (χ4v) is 1.90. The van der Waals surface area contributed by atoms with Gasteiger partial charge in [-0.05, 0) is 36.1 Å². The van der Waals surface area contributed by atoms with E-state index < -0.39 is 0 Å². The fourth-order valence-electron chi connectivity index (χ4n) is 1.90. The third-order valence-corrected chi connectivity index (χ3v) is 3.22. The molecule has 0 N–H and O–H groups in total. The lowest BCUT2D eigenvalue weighted by molar-refractivity contribution is 0.297. The van der Waals surface area contributed by atoms with Crippen LogP contribution in [-0.4, -0.2) is 0 Å². The molecule has 0 saturated heterocycles. The molecule has 0 aliphatic carbocycles. The van der Waals surface area contributed by atoms with E-state index in [0.717, 1.165) is 11.3 Å². The molecule has 2 rings (SSSR count). The summed E-state index contributed by atoms with van der Waals surface area (Å²) < 4.78 is 19.3. The van der Waals surface area contributed by atoms with E-state index in [1.165, 1.54) is 11.6 Å². The van der Waals surface area contributed by atoms with Crippen LogP contribution in [0.15, 0.2) is 42.5 Å². The van der Waals surface area contributed by atoms with Crippen molar-refractivity contribution >= 4 is 0 Å². The first kappa shape index (κ1) is 13.6. The van der Waals surface area contributed by atoms with Gasteiger partial charge in [0.1, 0.15) is 18.2 Å². The maximum atomic E-state index is 13.5. The molecule has 0 radical (unpaired) electrons. The van der Waals surface area contributed by atoms with Gasteiger partial charge >= 0.3 is 0 Å². The lowest BCUT2D eigenvalue weighted by Crippen LogP contribution is -2.00. The zero-order valence-electron chi connectivity index (χ0n) is 11.6. The van der Waals surface area contributed by atoms with Crippen LogP contribution in [-0.2, 0) is 6.61 Å². The highest BCUT2D eigenvalue weighted by Crippen LogP contribution is 2.25. The van der Waals surface area contributed by atoms with Crippen molar-refractivity contribution in [2.45, 2.75) is 33.3 Å². The second-order valence-electron chi connectivity index (χ2n) is 5.06. The molecule has 1 nitrogen and oxygen atoms in total. The monoisotopic (exact) mass is 258 g/mol. The Kier molecular flexibility index (Phi) is 4.20. The molecular weight excluding hydrogens is 239 g/mol. The minimum Gasteiger partial charge on any atom is -0.489 e. The molecule has 0 aliphatic heterocycles. The first-order valence-electron chi connectivity index (χ1n) is 6.54. The number of rotatable bonds is 4. The molecule has 0 atom stereocenters. The molecular formula is C17H19FO. The van der Waals surface area contributed by atoms with Crippen LogP contribution in [0.4, 0.5) is 4.39 Å². The number of ether oxygens (including phenoxy) is 1. The van der Waals surface area contributed by atoms with Crippen molar-refractivity contribution in [3.63, 3.8) is 0 Å². The molecule has 0 spiro atoms. The molecule has 0 fully saturated rings. The van der Waals surface area contributed by atoms with Crippen LogP contribution >= 0.6 is 0 Å². The van der Waals surface area contributed by atoms with Gasteiger partial charge in [0, 0.05) is 5.56 Å². The lowest BCUT2D eigenvalue weighted by atomic mass is 10.0. The number of benzene rings is 2. The van der Waals surface area contributed by atoms with E-state index in [4.69, 9.17) is 4.74 Å². The minimum absolute atomic E-state index is 0.222. The van der Waals surface area contributed by atoms with Crippen molar-refractivity contribution in [2.24, 2.45) is 0 Å². The highest BCUT2D eigenvalue weighted by molar-refractivity contribution is 5.38. The Bertz CT molecular complexity index is 561. The van der Waals surface area contributed by atoms with Crippen molar-refractivity contribution in [3.8, 4) is 5.75 Å². The molecule has 2 aromatic rings. The Morgan fingerprint density at radius 1 is 1.11 bits per heavy atom. The molecule has 0 saturated carbocycles. The standard InChI is InChI=1S/C17H19FO/c1-12(2)14-9-8-13(3)17(10-14)19-11-15-6-4-5-7-16(15)18/h4-10,12H,11H2,1-3H3. The maximum Gasteiger partial charge on any atom is 0.129 e. The summed E-state index contributed by atoms with van der Waals surface area (Å²) in [5.74, 6) is 1.06. The Labute approximate surface area is 114 Å². The third-order valence-electron chi connectivity index (χ3n) is 3.22. The van der Waals surface area contributed by atoms with Gasteiger partial charge in [0.05, 0.1) is 0 Å². The molecule has 2 aromatic carbocycles. The van der Waals surface area contributed by atoms with Crippen molar-refractivity contribution in [1.82, 2.24) is 0 Å². The Hall–Kier alpha value is -1.83. The van der Waals surface area contributed by atoms with Gasteiger partial charge in [-0.1, -0.05) is 44.2 Å². The topological polar surface area (TPSA) is 9.23 Å². The largest absolute Gasteiger partial charge is 0.489 e.